The molecule has 6 rings (SSSR count). The summed E-state index contributed by atoms with van der Waals surface area (Å²) in [6.45, 7) is 7.87. The van der Waals surface area contributed by atoms with E-state index in [1.807, 2.05) is 19.1 Å². The molecule has 8 heteroatoms. The third-order valence-corrected chi connectivity index (χ3v) is 7.23. The van der Waals surface area contributed by atoms with Crippen LogP contribution in [-0.2, 0) is 0 Å². The molecule has 1 aromatic carbocycles. The van der Waals surface area contributed by atoms with Gasteiger partial charge in [-0.05, 0) is 42.2 Å². The lowest BCUT2D eigenvalue weighted by atomic mass is 10.1. The van der Waals surface area contributed by atoms with E-state index in [1.165, 1.54) is 15.8 Å². The minimum atomic E-state index is 0.197. The van der Waals surface area contributed by atoms with Gasteiger partial charge in [0.05, 0.1) is 29.1 Å². The summed E-state index contributed by atoms with van der Waals surface area (Å²) in [6, 6.07) is 12.9. The Bertz CT molecular complexity index is 1650. The Morgan fingerprint density at radius 2 is 2.11 bits per heavy atom. The van der Waals surface area contributed by atoms with E-state index in [0.29, 0.717) is 0 Å². The van der Waals surface area contributed by atoms with Gasteiger partial charge in [-0.15, -0.1) is 11.3 Å². The molecular weight excluding hydrogens is 454 g/mol. The SMILES string of the molecule is C=C(/C=c1/c(-c2cc3c(-c4cccs4)cccc3[nH]2)n[nH]/c1=C/C)c1cncc(N2CC(N)C2)n1. The first kappa shape index (κ1) is 21.5. The molecule has 4 N–H and O–H groups in total. The van der Waals surface area contributed by atoms with E-state index in [2.05, 4.69) is 73.4 Å². The van der Waals surface area contributed by atoms with Crippen molar-refractivity contribution in [1.29, 1.82) is 0 Å². The molecule has 5 heterocycles. The van der Waals surface area contributed by atoms with E-state index < -0.39 is 0 Å². The Kier molecular flexibility index (Phi) is 5.32. The van der Waals surface area contributed by atoms with Crippen molar-refractivity contribution in [1.82, 2.24) is 25.1 Å². The van der Waals surface area contributed by atoms with Crippen LogP contribution in [0.15, 0.2) is 60.8 Å². The maximum atomic E-state index is 5.93. The van der Waals surface area contributed by atoms with Crippen molar-refractivity contribution < 1.29 is 0 Å². The molecule has 35 heavy (non-hydrogen) atoms. The van der Waals surface area contributed by atoms with Gasteiger partial charge in [-0.25, -0.2) is 4.98 Å². The second-order valence-electron chi connectivity index (χ2n) is 8.71. The van der Waals surface area contributed by atoms with Crippen LogP contribution in [0.2, 0.25) is 0 Å². The van der Waals surface area contributed by atoms with Gasteiger partial charge >= 0.3 is 0 Å². The first-order valence-electron chi connectivity index (χ1n) is 11.5. The van der Waals surface area contributed by atoms with Crippen molar-refractivity contribution in [2.45, 2.75) is 13.0 Å². The summed E-state index contributed by atoms with van der Waals surface area (Å²) in [6.07, 6.45) is 7.55. The van der Waals surface area contributed by atoms with Gasteiger partial charge in [-0.2, -0.15) is 5.10 Å². The van der Waals surface area contributed by atoms with Crippen LogP contribution in [-0.4, -0.2) is 44.3 Å². The third kappa shape index (κ3) is 3.86. The number of thiophene rings is 1. The van der Waals surface area contributed by atoms with Gasteiger partial charge in [0.2, 0.25) is 0 Å². The Balaban J connectivity index is 1.42. The summed E-state index contributed by atoms with van der Waals surface area (Å²) in [4.78, 5) is 16.1. The molecule has 0 spiro atoms. The number of fused-ring (bicyclic) bond motifs is 1. The number of H-pyrrole nitrogens is 2. The number of nitrogens with one attached hydrogen (secondary N) is 2. The molecule has 0 unspecified atom stereocenters. The van der Waals surface area contributed by atoms with Crippen LogP contribution in [0.25, 0.3) is 50.5 Å². The lowest BCUT2D eigenvalue weighted by Crippen LogP contribution is -2.56. The number of benzene rings is 1. The Hall–Kier alpha value is -4.01. The van der Waals surface area contributed by atoms with Crippen LogP contribution in [0.3, 0.4) is 0 Å². The molecule has 5 aromatic rings. The highest BCUT2D eigenvalue weighted by molar-refractivity contribution is 7.13. The minimum absolute atomic E-state index is 0.197. The first-order valence-corrected chi connectivity index (χ1v) is 12.4. The number of aromatic amines is 2. The highest BCUT2D eigenvalue weighted by Gasteiger charge is 2.24. The van der Waals surface area contributed by atoms with Crippen LogP contribution in [0.5, 0.6) is 0 Å². The van der Waals surface area contributed by atoms with E-state index >= 15 is 0 Å². The largest absolute Gasteiger partial charge is 0.353 e. The molecule has 0 radical (unpaired) electrons. The van der Waals surface area contributed by atoms with Crippen molar-refractivity contribution in [2.24, 2.45) is 5.73 Å². The Labute approximate surface area is 206 Å². The highest BCUT2D eigenvalue weighted by Crippen LogP contribution is 2.33. The van der Waals surface area contributed by atoms with Crippen LogP contribution in [0, 0.1) is 0 Å². The number of hydrogen-bond donors (Lipinski definition) is 3. The van der Waals surface area contributed by atoms with E-state index in [4.69, 9.17) is 10.7 Å². The predicted octanol–water partition coefficient (Wildman–Crippen LogP) is 3.52. The maximum absolute atomic E-state index is 5.93. The molecule has 1 saturated heterocycles. The highest BCUT2D eigenvalue weighted by atomic mass is 32.1. The molecular formula is C27H25N7S. The van der Waals surface area contributed by atoms with Crippen LogP contribution in [0.4, 0.5) is 5.82 Å². The lowest BCUT2D eigenvalue weighted by molar-refractivity contribution is 0.513. The number of rotatable bonds is 5. The van der Waals surface area contributed by atoms with Crippen molar-refractivity contribution >= 4 is 45.8 Å². The average molecular weight is 480 g/mol. The fourth-order valence-corrected chi connectivity index (χ4v) is 5.24. The monoisotopic (exact) mass is 479 g/mol. The zero-order valence-electron chi connectivity index (χ0n) is 19.3. The number of aromatic nitrogens is 5. The van der Waals surface area contributed by atoms with Gasteiger partial charge in [-0.3, -0.25) is 10.1 Å². The molecule has 7 nitrogen and oxygen atoms in total. The molecule has 0 atom stereocenters. The second-order valence-corrected chi connectivity index (χ2v) is 9.66. The molecule has 4 aromatic heterocycles. The molecule has 174 valence electrons. The van der Waals surface area contributed by atoms with Gasteiger partial charge in [0.15, 0.2) is 0 Å². The van der Waals surface area contributed by atoms with Crippen LogP contribution >= 0.6 is 11.3 Å². The topological polar surface area (TPSA) is 99.5 Å². The van der Waals surface area contributed by atoms with Crippen molar-refractivity contribution in [2.75, 3.05) is 18.0 Å². The van der Waals surface area contributed by atoms with Gasteiger partial charge in [0.25, 0.3) is 0 Å². The molecule has 0 aliphatic carbocycles. The van der Waals surface area contributed by atoms with E-state index in [0.717, 1.165) is 57.6 Å². The van der Waals surface area contributed by atoms with E-state index in [1.54, 1.807) is 23.7 Å². The van der Waals surface area contributed by atoms with Gasteiger partial charge in [0.1, 0.15) is 11.5 Å². The lowest BCUT2D eigenvalue weighted by Gasteiger charge is -2.37. The molecule has 0 saturated carbocycles. The number of hydrogen-bond acceptors (Lipinski definition) is 6. The van der Waals surface area contributed by atoms with Gasteiger partial charge < -0.3 is 15.6 Å². The molecule has 0 amide bonds. The average Bonchev–Trinajstić information content (AvgIpc) is 3.61. The first-order chi connectivity index (χ1) is 17.1. The standard InChI is InChI=1S/C27H25N7S/c1-3-21-20(10-16(2)24-12-29-13-26(31-24)34-14-17(28)15-34)27(33-32-21)23-11-19-18(25-8-5-9-35-25)6-4-7-22(19)30-23/h3-13,17,30,32H,2,14-15,28H2,1H3/b20-10+,21-3+. The fourth-order valence-electron chi connectivity index (χ4n) is 4.48. The second kappa shape index (κ2) is 8.65. The fraction of sp³-hybridized carbons (Fsp3) is 0.148. The number of anilines is 1. The summed E-state index contributed by atoms with van der Waals surface area (Å²) in [5.41, 5.74) is 11.5. The molecule has 0 bridgehead atoms. The predicted molar refractivity (Wildman–Crippen MR) is 144 cm³/mol. The summed E-state index contributed by atoms with van der Waals surface area (Å²) in [5, 5.41) is 13.0. The van der Waals surface area contributed by atoms with Crippen molar-refractivity contribution in [3.05, 3.63) is 77.0 Å². The molecule has 1 aliphatic rings. The van der Waals surface area contributed by atoms with Crippen LogP contribution in [0.1, 0.15) is 12.6 Å². The number of nitrogens with two attached hydrogens (primary N) is 1. The Morgan fingerprint density at radius 3 is 2.89 bits per heavy atom. The van der Waals surface area contributed by atoms with Gasteiger partial charge in [0, 0.05) is 45.7 Å². The van der Waals surface area contributed by atoms with Gasteiger partial charge in [-0.1, -0.05) is 30.9 Å². The molecule has 1 aliphatic heterocycles. The Morgan fingerprint density at radius 1 is 1.23 bits per heavy atom. The summed E-state index contributed by atoms with van der Waals surface area (Å²) < 4.78 is 0. The van der Waals surface area contributed by atoms with Crippen molar-refractivity contribution in [3.63, 3.8) is 0 Å². The number of allylic oxidation sites excluding steroid dienone is 1. The number of nitrogens with zero attached hydrogens (tertiary/aromatic N) is 4. The van der Waals surface area contributed by atoms with E-state index in [9.17, 15) is 0 Å². The zero-order chi connectivity index (χ0) is 23.9. The summed E-state index contributed by atoms with van der Waals surface area (Å²) >= 11 is 1.74. The van der Waals surface area contributed by atoms with E-state index in [-0.39, 0.29) is 6.04 Å². The third-order valence-electron chi connectivity index (χ3n) is 6.33. The maximum Gasteiger partial charge on any atom is 0.147 e. The molecule has 1 fully saturated rings. The van der Waals surface area contributed by atoms with Crippen LogP contribution < -0.4 is 21.2 Å². The summed E-state index contributed by atoms with van der Waals surface area (Å²) in [5.74, 6) is 0.824. The smallest absolute Gasteiger partial charge is 0.147 e. The normalized spacial score (nSPS) is 15.2. The zero-order valence-corrected chi connectivity index (χ0v) is 20.1. The minimum Gasteiger partial charge on any atom is -0.353 e. The quantitative estimate of drug-likeness (QED) is 0.358. The summed E-state index contributed by atoms with van der Waals surface area (Å²) in [7, 11) is 0. The van der Waals surface area contributed by atoms with Crippen molar-refractivity contribution in [3.8, 4) is 21.8 Å².